The Morgan fingerprint density at radius 3 is 2.39 bits per heavy atom. The van der Waals surface area contributed by atoms with E-state index in [2.05, 4.69) is 10.4 Å². The minimum atomic E-state index is -0.365. The first-order valence-corrected chi connectivity index (χ1v) is 10.7. The fourth-order valence-electron chi connectivity index (χ4n) is 3.98. The van der Waals surface area contributed by atoms with Gasteiger partial charge in [-0.1, -0.05) is 30.3 Å². The van der Waals surface area contributed by atoms with Crippen molar-refractivity contribution in [3.05, 3.63) is 96.4 Å². The number of aromatic nitrogens is 2. The molecule has 0 radical (unpaired) electrons. The summed E-state index contributed by atoms with van der Waals surface area (Å²) < 4.78 is 15.1. The van der Waals surface area contributed by atoms with Gasteiger partial charge in [0.15, 0.2) is 0 Å². The minimum absolute atomic E-state index is 0.0422. The fourth-order valence-corrected chi connectivity index (χ4v) is 3.98. The Balaban J connectivity index is 1.54. The van der Waals surface area contributed by atoms with Crippen LogP contribution in [0.25, 0.3) is 16.9 Å². The van der Waals surface area contributed by atoms with E-state index < -0.39 is 0 Å². The van der Waals surface area contributed by atoms with Crippen LogP contribution < -0.4 is 10.2 Å². The van der Waals surface area contributed by atoms with Crippen LogP contribution in [-0.4, -0.2) is 28.1 Å². The standard InChI is InChI=1S/C26H21FN4O2/c27-19-14-12-18(13-15-19)25-21(17-31(29-25)20-7-2-1-3-8-20)26(33)28-22-9-4-5-10-23(22)30-16-6-11-24(30)32/h1-5,7-10,12-15,17H,6,11,16H2,(H,28,33). The number of nitrogens with one attached hydrogen (secondary N) is 1. The van der Waals surface area contributed by atoms with Crippen molar-refractivity contribution >= 4 is 23.2 Å². The van der Waals surface area contributed by atoms with Crippen LogP contribution in [0.4, 0.5) is 15.8 Å². The monoisotopic (exact) mass is 440 g/mol. The highest BCUT2D eigenvalue weighted by atomic mass is 19.1. The molecule has 0 unspecified atom stereocenters. The smallest absolute Gasteiger partial charge is 0.259 e. The van der Waals surface area contributed by atoms with Crippen molar-refractivity contribution in [3.8, 4) is 16.9 Å². The van der Waals surface area contributed by atoms with Crippen LogP contribution in [0.1, 0.15) is 23.2 Å². The minimum Gasteiger partial charge on any atom is -0.320 e. The van der Waals surface area contributed by atoms with Crippen LogP contribution in [0.3, 0.4) is 0 Å². The molecule has 1 aliphatic rings. The number of carbonyl (C=O) groups excluding carboxylic acids is 2. The molecule has 164 valence electrons. The Morgan fingerprint density at radius 1 is 0.939 bits per heavy atom. The van der Waals surface area contributed by atoms with Gasteiger partial charge in [-0.2, -0.15) is 5.10 Å². The summed E-state index contributed by atoms with van der Waals surface area (Å²) in [6, 6.07) is 22.6. The highest BCUT2D eigenvalue weighted by molar-refractivity contribution is 6.10. The average molecular weight is 440 g/mol. The summed E-state index contributed by atoms with van der Waals surface area (Å²) in [7, 11) is 0. The second-order valence-electron chi connectivity index (χ2n) is 7.80. The molecule has 6 nitrogen and oxygen atoms in total. The van der Waals surface area contributed by atoms with Gasteiger partial charge < -0.3 is 10.2 Å². The molecule has 5 rings (SSSR count). The molecular formula is C26H21FN4O2. The van der Waals surface area contributed by atoms with E-state index in [9.17, 15) is 14.0 Å². The number of anilines is 2. The summed E-state index contributed by atoms with van der Waals surface area (Å²) in [6.45, 7) is 0.623. The number of benzene rings is 3. The van der Waals surface area contributed by atoms with Crippen molar-refractivity contribution in [1.82, 2.24) is 9.78 Å². The van der Waals surface area contributed by atoms with E-state index in [0.717, 1.165) is 12.1 Å². The van der Waals surface area contributed by atoms with E-state index in [0.29, 0.717) is 41.2 Å². The maximum absolute atomic E-state index is 13.5. The first-order chi connectivity index (χ1) is 16.1. The summed E-state index contributed by atoms with van der Waals surface area (Å²) in [5.41, 5.74) is 3.42. The van der Waals surface area contributed by atoms with Crippen molar-refractivity contribution in [3.63, 3.8) is 0 Å². The molecular weight excluding hydrogens is 419 g/mol. The van der Waals surface area contributed by atoms with Crippen LogP contribution >= 0.6 is 0 Å². The lowest BCUT2D eigenvalue weighted by molar-refractivity contribution is -0.117. The third kappa shape index (κ3) is 4.13. The maximum atomic E-state index is 13.5. The molecule has 0 bridgehead atoms. The second-order valence-corrected chi connectivity index (χ2v) is 7.80. The number of hydrogen-bond donors (Lipinski definition) is 1. The summed E-state index contributed by atoms with van der Waals surface area (Å²) in [6.07, 6.45) is 2.95. The van der Waals surface area contributed by atoms with Gasteiger partial charge in [0, 0.05) is 24.7 Å². The second kappa shape index (κ2) is 8.70. The molecule has 2 heterocycles. The van der Waals surface area contributed by atoms with Gasteiger partial charge in [-0.25, -0.2) is 9.07 Å². The first-order valence-electron chi connectivity index (χ1n) is 10.7. The topological polar surface area (TPSA) is 67.2 Å². The Morgan fingerprint density at radius 2 is 1.67 bits per heavy atom. The molecule has 0 atom stereocenters. The number of rotatable bonds is 5. The molecule has 2 amide bonds. The molecule has 0 aliphatic carbocycles. The first kappa shape index (κ1) is 20.6. The lowest BCUT2D eigenvalue weighted by Crippen LogP contribution is -2.25. The molecule has 1 fully saturated rings. The highest BCUT2D eigenvalue weighted by Crippen LogP contribution is 2.31. The van der Waals surface area contributed by atoms with Gasteiger partial charge in [-0.05, 0) is 55.0 Å². The molecule has 1 aromatic heterocycles. The SMILES string of the molecule is O=C(Nc1ccccc1N1CCCC1=O)c1cn(-c2ccccc2)nc1-c1ccc(F)cc1. The van der Waals surface area contributed by atoms with Crippen LogP contribution in [0, 0.1) is 5.82 Å². The number of nitrogens with zero attached hydrogens (tertiary/aromatic N) is 3. The van der Waals surface area contributed by atoms with Crippen molar-refractivity contribution < 1.29 is 14.0 Å². The summed E-state index contributed by atoms with van der Waals surface area (Å²) >= 11 is 0. The zero-order valence-corrected chi connectivity index (χ0v) is 17.7. The van der Waals surface area contributed by atoms with Crippen LogP contribution in [0.5, 0.6) is 0 Å². The van der Waals surface area contributed by atoms with E-state index in [1.807, 2.05) is 48.5 Å². The van der Waals surface area contributed by atoms with Gasteiger partial charge in [-0.3, -0.25) is 9.59 Å². The predicted molar refractivity (Wildman–Crippen MR) is 125 cm³/mol. The Labute approximate surface area is 190 Å². The van der Waals surface area contributed by atoms with E-state index in [1.165, 1.54) is 12.1 Å². The third-order valence-electron chi connectivity index (χ3n) is 5.61. The molecule has 1 saturated heterocycles. The number of hydrogen-bond acceptors (Lipinski definition) is 3. The van der Waals surface area contributed by atoms with Crippen molar-refractivity contribution in [2.45, 2.75) is 12.8 Å². The van der Waals surface area contributed by atoms with Gasteiger partial charge in [0.25, 0.3) is 5.91 Å². The van der Waals surface area contributed by atoms with Crippen LogP contribution in [0.2, 0.25) is 0 Å². The zero-order chi connectivity index (χ0) is 22.8. The molecule has 1 N–H and O–H groups in total. The lowest BCUT2D eigenvalue weighted by atomic mass is 10.1. The largest absolute Gasteiger partial charge is 0.320 e. The van der Waals surface area contributed by atoms with Crippen molar-refractivity contribution in [2.24, 2.45) is 0 Å². The van der Waals surface area contributed by atoms with Crippen molar-refractivity contribution in [2.75, 3.05) is 16.8 Å². The number of halogens is 1. The number of para-hydroxylation sites is 3. The predicted octanol–water partition coefficient (Wildman–Crippen LogP) is 5.06. The summed E-state index contributed by atoms with van der Waals surface area (Å²) in [4.78, 5) is 27.4. The van der Waals surface area contributed by atoms with E-state index in [1.54, 1.807) is 34.0 Å². The summed E-state index contributed by atoms with van der Waals surface area (Å²) in [5, 5.41) is 7.57. The van der Waals surface area contributed by atoms with E-state index in [4.69, 9.17) is 0 Å². The highest BCUT2D eigenvalue weighted by Gasteiger charge is 2.25. The lowest BCUT2D eigenvalue weighted by Gasteiger charge is -2.20. The van der Waals surface area contributed by atoms with Crippen LogP contribution in [0.15, 0.2) is 85.1 Å². The van der Waals surface area contributed by atoms with Gasteiger partial charge in [0.1, 0.15) is 11.5 Å². The quantitative estimate of drug-likeness (QED) is 0.472. The Kier molecular flexibility index (Phi) is 5.44. The molecule has 0 saturated carbocycles. The number of amides is 2. The molecule has 4 aromatic rings. The van der Waals surface area contributed by atoms with Crippen molar-refractivity contribution in [1.29, 1.82) is 0 Å². The van der Waals surface area contributed by atoms with Gasteiger partial charge in [-0.15, -0.1) is 0 Å². The Hall–Kier alpha value is -4.26. The molecule has 7 heteroatoms. The molecule has 1 aliphatic heterocycles. The zero-order valence-electron chi connectivity index (χ0n) is 17.7. The van der Waals surface area contributed by atoms with Gasteiger partial charge in [0.2, 0.25) is 5.91 Å². The fraction of sp³-hybridized carbons (Fsp3) is 0.115. The van der Waals surface area contributed by atoms with E-state index in [-0.39, 0.29) is 17.6 Å². The molecule has 33 heavy (non-hydrogen) atoms. The van der Waals surface area contributed by atoms with Crippen LogP contribution in [-0.2, 0) is 4.79 Å². The normalized spacial score (nSPS) is 13.4. The maximum Gasteiger partial charge on any atom is 0.259 e. The average Bonchev–Trinajstić information content (AvgIpc) is 3.47. The molecule has 3 aromatic carbocycles. The summed E-state index contributed by atoms with van der Waals surface area (Å²) in [5.74, 6) is -0.687. The van der Waals surface area contributed by atoms with E-state index >= 15 is 0 Å². The van der Waals surface area contributed by atoms with Gasteiger partial charge in [0.05, 0.1) is 22.6 Å². The Bertz CT molecular complexity index is 1320. The third-order valence-corrected chi connectivity index (χ3v) is 5.61. The number of carbonyl (C=O) groups is 2. The molecule has 0 spiro atoms. The van der Waals surface area contributed by atoms with Gasteiger partial charge >= 0.3 is 0 Å².